The van der Waals surface area contributed by atoms with Crippen LogP contribution in [0.1, 0.15) is 37.7 Å². The van der Waals surface area contributed by atoms with E-state index in [0.717, 1.165) is 18.4 Å². The second-order valence-electron chi connectivity index (χ2n) is 6.09. The van der Waals surface area contributed by atoms with Gasteiger partial charge in [-0.15, -0.1) is 0 Å². The third kappa shape index (κ3) is 3.26. The van der Waals surface area contributed by atoms with Gasteiger partial charge in [-0.1, -0.05) is 43.2 Å². The van der Waals surface area contributed by atoms with Crippen LogP contribution in [0.4, 0.5) is 0 Å². The molecular formula is C17H22N2O2. The Balaban J connectivity index is 1.52. The van der Waals surface area contributed by atoms with Gasteiger partial charge < -0.3 is 10.2 Å². The van der Waals surface area contributed by atoms with Gasteiger partial charge in [0.15, 0.2) is 0 Å². The maximum Gasteiger partial charge on any atom is 0.225 e. The third-order valence-electron chi connectivity index (χ3n) is 4.60. The van der Waals surface area contributed by atoms with E-state index in [4.69, 9.17) is 0 Å². The zero-order valence-corrected chi connectivity index (χ0v) is 12.3. The number of carbonyl (C=O) groups excluding carboxylic acids is 2. The Kier molecular flexibility index (Phi) is 4.23. The molecule has 4 heteroatoms. The highest BCUT2D eigenvalue weighted by atomic mass is 16.2. The number of rotatable bonds is 4. The Morgan fingerprint density at radius 2 is 1.90 bits per heavy atom. The second-order valence-corrected chi connectivity index (χ2v) is 6.09. The molecule has 1 heterocycles. The molecule has 0 radical (unpaired) electrons. The van der Waals surface area contributed by atoms with Crippen LogP contribution in [0.15, 0.2) is 30.3 Å². The van der Waals surface area contributed by atoms with Crippen molar-refractivity contribution in [2.75, 3.05) is 6.54 Å². The number of benzene rings is 1. The van der Waals surface area contributed by atoms with Crippen molar-refractivity contribution in [3.05, 3.63) is 35.9 Å². The Morgan fingerprint density at radius 1 is 1.19 bits per heavy atom. The molecule has 2 fully saturated rings. The molecule has 1 saturated carbocycles. The minimum Gasteiger partial charge on any atom is -0.352 e. The van der Waals surface area contributed by atoms with Gasteiger partial charge in [-0.05, 0) is 18.4 Å². The van der Waals surface area contributed by atoms with Gasteiger partial charge in [-0.3, -0.25) is 9.59 Å². The molecule has 21 heavy (non-hydrogen) atoms. The van der Waals surface area contributed by atoms with Crippen molar-refractivity contribution < 1.29 is 9.59 Å². The molecule has 1 aromatic carbocycles. The van der Waals surface area contributed by atoms with Crippen LogP contribution in [-0.4, -0.2) is 29.3 Å². The van der Waals surface area contributed by atoms with Crippen molar-refractivity contribution in [3.63, 3.8) is 0 Å². The Labute approximate surface area is 125 Å². The van der Waals surface area contributed by atoms with Crippen molar-refractivity contribution in [2.45, 2.75) is 44.7 Å². The lowest BCUT2D eigenvalue weighted by atomic mass is 10.1. The molecule has 4 nitrogen and oxygen atoms in total. The van der Waals surface area contributed by atoms with Crippen molar-refractivity contribution >= 4 is 11.8 Å². The van der Waals surface area contributed by atoms with Crippen LogP contribution < -0.4 is 5.32 Å². The summed E-state index contributed by atoms with van der Waals surface area (Å²) in [6.07, 6.45) is 4.99. The SMILES string of the molecule is O=C(NCc1ccccc1)[C@@H]1CC(=O)N(C2CCCC2)C1. The first-order chi connectivity index (χ1) is 10.2. The molecule has 1 N–H and O–H groups in total. The van der Waals surface area contributed by atoms with Crippen LogP contribution in [0.3, 0.4) is 0 Å². The zero-order valence-electron chi connectivity index (χ0n) is 12.3. The summed E-state index contributed by atoms with van der Waals surface area (Å²) in [5.41, 5.74) is 1.09. The van der Waals surface area contributed by atoms with Gasteiger partial charge in [0.2, 0.25) is 11.8 Å². The predicted octanol–water partition coefficient (Wildman–Crippen LogP) is 2.09. The number of amides is 2. The van der Waals surface area contributed by atoms with Crippen LogP contribution >= 0.6 is 0 Å². The molecule has 2 aliphatic rings. The number of hydrogen-bond donors (Lipinski definition) is 1. The van der Waals surface area contributed by atoms with E-state index < -0.39 is 0 Å². The first kappa shape index (κ1) is 14.1. The smallest absolute Gasteiger partial charge is 0.225 e. The summed E-state index contributed by atoms with van der Waals surface area (Å²) in [6.45, 7) is 1.14. The molecule has 0 spiro atoms. The van der Waals surface area contributed by atoms with Gasteiger partial charge in [0.1, 0.15) is 0 Å². The molecule has 3 rings (SSSR count). The molecular weight excluding hydrogens is 264 g/mol. The first-order valence-electron chi connectivity index (χ1n) is 7.85. The molecule has 112 valence electrons. The van der Waals surface area contributed by atoms with E-state index in [1.165, 1.54) is 12.8 Å². The first-order valence-corrected chi connectivity index (χ1v) is 7.85. The quantitative estimate of drug-likeness (QED) is 0.921. The number of carbonyl (C=O) groups is 2. The molecule has 0 aromatic heterocycles. The summed E-state index contributed by atoms with van der Waals surface area (Å²) in [7, 11) is 0. The zero-order chi connectivity index (χ0) is 14.7. The monoisotopic (exact) mass is 286 g/mol. The van der Waals surface area contributed by atoms with Crippen LogP contribution in [0.2, 0.25) is 0 Å². The summed E-state index contributed by atoms with van der Waals surface area (Å²) in [5.74, 6) is -0.0173. The summed E-state index contributed by atoms with van der Waals surface area (Å²) in [5, 5.41) is 2.95. The van der Waals surface area contributed by atoms with Crippen molar-refractivity contribution in [3.8, 4) is 0 Å². The molecule has 2 amide bonds. The summed E-state index contributed by atoms with van der Waals surface area (Å²) >= 11 is 0. The van der Waals surface area contributed by atoms with E-state index in [1.54, 1.807) is 0 Å². The third-order valence-corrected chi connectivity index (χ3v) is 4.60. The van der Waals surface area contributed by atoms with E-state index in [0.29, 0.717) is 25.6 Å². The van der Waals surface area contributed by atoms with Crippen LogP contribution in [-0.2, 0) is 16.1 Å². The van der Waals surface area contributed by atoms with Gasteiger partial charge in [0.05, 0.1) is 5.92 Å². The lowest BCUT2D eigenvalue weighted by Crippen LogP contribution is -2.36. The standard InChI is InChI=1S/C17H22N2O2/c20-16-10-14(12-19(16)15-8-4-5-9-15)17(21)18-11-13-6-2-1-3-7-13/h1-3,6-7,14-15H,4-5,8-12H2,(H,18,21)/t14-/m1/s1. The topological polar surface area (TPSA) is 49.4 Å². The number of likely N-dealkylation sites (tertiary alicyclic amines) is 1. The average molecular weight is 286 g/mol. The molecule has 1 aromatic rings. The van der Waals surface area contributed by atoms with Gasteiger partial charge in [0.25, 0.3) is 0 Å². The van der Waals surface area contributed by atoms with Gasteiger partial charge >= 0.3 is 0 Å². The fraction of sp³-hybridized carbons (Fsp3) is 0.529. The van der Waals surface area contributed by atoms with Crippen LogP contribution in [0.5, 0.6) is 0 Å². The number of hydrogen-bond acceptors (Lipinski definition) is 2. The molecule has 1 aliphatic heterocycles. The van der Waals surface area contributed by atoms with Crippen molar-refractivity contribution in [2.24, 2.45) is 5.92 Å². The van der Waals surface area contributed by atoms with Crippen LogP contribution in [0.25, 0.3) is 0 Å². The average Bonchev–Trinajstić information content (AvgIpc) is 3.15. The van der Waals surface area contributed by atoms with Crippen molar-refractivity contribution in [1.29, 1.82) is 0 Å². The highest BCUT2D eigenvalue weighted by Crippen LogP contribution is 2.29. The minimum absolute atomic E-state index is 0.00713. The normalized spacial score (nSPS) is 22.8. The minimum atomic E-state index is -0.179. The Morgan fingerprint density at radius 3 is 2.62 bits per heavy atom. The highest BCUT2D eigenvalue weighted by molar-refractivity contribution is 5.89. The highest BCUT2D eigenvalue weighted by Gasteiger charge is 2.38. The lowest BCUT2D eigenvalue weighted by Gasteiger charge is -2.23. The van der Waals surface area contributed by atoms with Gasteiger partial charge in [-0.25, -0.2) is 0 Å². The molecule has 0 unspecified atom stereocenters. The Hall–Kier alpha value is -1.84. The van der Waals surface area contributed by atoms with Crippen molar-refractivity contribution in [1.82, 2.24) is 10.2 Å². The lowest BCUT2D eigenvalue weighted by molar-refractivity contribution is -0.130. The summed E-state index contributed by atoms with van der Waals surface area (Å²) in [6, 6.07) is 10.2. The van der Waals surface area contributed by atoms with E-state index in [2.05, 4.69) is 5.32 Å². The number of nitrogens with zero attached hydrogens (tertiary/aromatic N) is 1. The maximum atomic E-state index is 12.2. The van der Waals surface area contributed by atoms with E-state index in [-0.39, 0.29) is 17.7 Å². The number of nitrogens with one attached hydrogen (secondary N) is 1. The fourth-order valence-corrected chi connectivity index (χ4v) is 3.41. The van der Waals surface area contributed by atoms with E-state index in [9.17, 15) is 9.59 Å². The molecule has 0 bridgehead atoms. The maximum absolute atomic E-state index is 12.2. The summed E-state index contributed by atoms with van der Waals surface area (Å²) in [4.78, 5) is 26.3. The largest absolute Gasteiger partial charge is 0.352 e. The van der Waals surface area contributed by atoms with Gasteiger partial charge in [-0.2, -0.15) is 0 Å². The molecule has 1 saturated heterocycles. The fourth-order valence-electron chi connectivity index (χ4n) is 3.41. The molecule has 1 atom stereocenters. The van der Waals surface area contributed by atoms with E-state index in [1.807, 2.05) is 35.2 Å². The predicted molar refractivity (Wildman–Crippen MR) is 80.4 cm³/mol. The summed E-state index contributed by atoms with van der Waals surface area (Å²) < 4.78 is 0. The van der Waals surface area contributed by atoms with Crippen LogP contribution in [0, 0.1) is 5.92 Å². The second kappa shape index (κ2) is 6.29. The van der Waals surface area contributed by atoms with Gasteiger partial charge in [0, 0.05) is 25.6 Å². The Bertz CT molecular complexity index is 509. The van der Waals surface area contributed by atoms with E-state index >= 15 is 0 Å². The molecule has 1 aliphatic carbocycles.